The first kappa shape index (κ1) is 34.3. The van der Waals surface area contributed by atoms with E-state index in [1.807, 2.05) is 64.2 Å². The maximum Gasteiger partial charge on any atom is 0.247 e. The first-order chi connectivity index (χ1) is 22.8. The number of allylic oxidation sites excluding steroid dienone is 1. The predicted molar refractivity (Wildman–Crippen MR) is 188 cm³/mol. The van der Waals surface area contributed by atoms with Crippen LogP contribution in [0.25, 0.3) is 0 Å². The Hall–Kier alpha value is -3.59. The number of benzene rings is 3. The molecule has 2 fully saturated rings. The Labute approximate surface area is 290 Å². The van der Waals surface area contributed by atoms with Gasteiger partial charge in [-0.05, 0) is 111 Å². The first-order valence-electron chi connectivity index (χ1n) is 16.2. The smallest absolute Gasteiger partial charge is 0.247 e. The Kier molecular flexibility index (Phi) is 9.55. The van der Waals surface area contributed by atoms with E-state index in [4.69, 9.17) is 16.3 Å². The Morgan fingerprint density at radius 2 is 1.90 bits per heavy atom. The number of hydrogen-bond acceptors (Lipinski definition) is 7. The van der Waals surface area contributed by atoms with Gasteiger partial charge in [-0.3, -0.25) is 4.79 Å². The highest BCUT2D eigenvalue weighted by atomic mass is 35.5. The fourth-order valence-corrected chi connectivity index (χ4v) is 7.96. The van der Waals surface area contributed by atoms with Crippen LogP contribution in [0, 0.1) is 23.1 Å². The summed E-state index contributed by atoms with van der Waals surface area (Å²) in [5.74, 6) is 0.181. The number of anilines is 2. The van der Waals surface area contributed by atoms with Crippen molar-refractivity contribution < 1.29 is 18.5 Å². The third kappa shape index (κ3) is 6.67. The van der Waals surface area contributed by atoms with Crippen LogP contribution >= 0.6 is 11.6 Å². The summed E-state index contributed by atoms with van der Waals surface area (Å²) in [6, 6.07) is 21.1. The zero-order valence-electron chi connectivity index (χ0n) is 27.8. The van der Waals surface area contributed by atoms with Gasteiger partial charge < -0.3 is 24.4 Å². The molecular formula is C37H41ClFN5O3S. The number of hydrogen-bond donors (Lipinski definition) is 2. The van der Waals surface area contributed by atoms with Crippen LogP contribution in [-0.2, 0) is 26.4 Å². The van der Waals surface area contributed by atoms with Crippen molar-refractivity contribution in [3.63, 3.8) is 0 Å². The van der Waals surface area contributed by atoms with Gasteiger partial charge in [0.05, 0.1) is 23.4 Å². The summed E-state index contributed by atoms with van der Waals surface area (Å²) in [4.78, 5) is 18.4. The average molecular weight is 690 g/mol. The van der Waals surface area contributed by atoms with E-state index in [2.05, 4.69) is 25.9 Å². The molecule has 2 heterocycles. The van der Waals surface area contributed by atoms with Crippen LogP contribution in [0.1, 0.15) is 63.1 Å². The number of rotatable bonds is 6. The predicted octanol–water partition coefficient (Wildman–Crippen LogP) is 6.84. The first-order valence-corrected chi connectivity index (χ1v) is 17.7. The molecule has 2 N–H and O–H groups in total. The average Bonchev–Trinajstić information content (AvgIpc) is 3.69. The van der Waals surface area contributed by atoms with Crippen LogP contribution in [0.2, 0.25) is 5.02 Å². The molecule has 3 aromatic rings. The number of fused-ring (bicyclic) bond motifs is 4. The lowest BCUT2D eigenvalue weighted by molar-refractivity contribution is -0.119. The Bertz CT molecular complexity index is 1770. The van der Waals surface area contributed by atoms with Crippen LogP contribution in [-0.4, -0.2) is 53.0 Å². The maximum absolute atomic E-state index is 15.6. The maximum atomic E-state index is 15.6. The molecule has 6 rings (SSSR count). The molecule has 1 aliphatic carbocycles. The number of ether oxygens (including phenoxy) is 1. The lowest BCUT2D eigenvalue weighted by atomic mass is 9.78. The number of halogens is 2. The molecule has 3 aromatic carbocycles. The standard InChI is InChI=1S/C37H41ClFN5O3S/c1-36(2,3)48(46)42-37(25-8-6-7-23(17-25)21-40)16-15-24-18-30(24)35(43(4)28-12-10-27(38)11-13-28)44-22-29(47-5)20-33(44)34(45)41-32-19-26(37)9-14-31(32)39/h6-14,17,19,24,29,33,42H,15-16,18,20,22H2,1-5H3,(H,41,45)/b35-30-/t24?,29-,33-,37?,48?/m1/s1. The van der Waals surface area contributed by atoms with Crippen LogP contribution in [0.5, 0.6) is 0 Å². The van der Waals surface area contributed by atoms with E-state index in [1.54, 1.807) is 31.4 Å². The number of nitrogens with zero attached hydrogens (tertiary/aromatic N) is 3. The number of carbonyl (C=O) groups is 1. The summed E-state index contributed by atoms with van der Waals surface area (Å²) in [5, 5.41) is 13.4. The topological polar surface area (TPSA) is 104 Å². The van der Waals surface area contributed by atoms with E-state index in [-0.39, 0.29) is 23.6 Å². The Morgan fingerprint density at radius 1 is 1.17 bits per heavy atom. The minimum atomic E-state index is -1.55. The zero-order chi connectivity index (χ0) is 34.4. The van der Waals surface area contributed by atoms with Crippen molar-refractivity contribution in [1.29, 1.82) is 5.26 Å². The Morgan fingerprint density at radius 3 is 2.58 bits per heavy atom. The van der Waals surface area contributed by atoms with Gasteiger partial charge in [0.1, 0.15) is 28.0 Å². The molecule has 0 radical (unpaired) electrons. The van der Waals surface area contributed by atoms with Gasteiger partial charge in [0.2, 0.25) is 5.91 Å². The normalized spacial score (nSPS) is 26.2. The van der Waals surface area contributed by atoms with Crippen LogP contribution < -0.4 is 14.9 Å². The van der Waals surface area contributed by atoms with Gasteiger partial charge in [-0.2, -0.15) is 5.26 Å². The summed E-state index contributed by atoms with van der Waals surface area (Å²) in [7, 11) is 3.64. The molecule has 3 unspecified atom stereocenters. The summed E-state index contributed by atoms with van der Waals surface area (Å²) in [6.45, 7) is 6.18. The zero-order valence-corrected chi connectivity index (χ0v) is 29.4. The molecule has 1 saturated heterocycles. The second-order valence-corrected chi connectivity index (χ2v) is 16.3. The van der Waals surface area contributed by atoms with E-state index >= 15 is 4.39 Å². The van der Waals surface area contributed by atoms with E-state index in [0.29, 0.717) is 42.0 Å². The summed E-state index contributed by atoms with van der Waals surface area (Å²) < 4.78 is 38.2. The van der Waals surface area contributed by atoms with Crippen molar-refractivity contribution in [1.82, 2.24) is 9.62 Å². The van der Waals surface area contributed by atoms with Crippen molar-refractivity contribution in [3.05, 3.63) is 106 Å². The number of nitrogens with one attached hydrogen (secondary N) is 2. The van der Waals surface area contributed by atoms with E-state index in [0.717, 1.165) is 23.5 Å². The van der Waals surface area contributed by atoms with Crippen LogP contribution in [0.3, 0.4) is 0 Å². The van der Waals surface area contributed by atoms with Gasteiger partial charge in [0.15, 0.2) is 0 Å². The largest absolute Gasteiger partial charge is 0.598 e. The van der Waals surface area contributed by atoms with Gasteiger partial charge in [-0.1, -0.05) is 29.8 Å². The highest BCUT2D eigenvalue weighted by Gasteiger charge is 2.48. The number of carbonyl (C=O) groups excluding carboxylic acids is 1. The van der Waals surface area contributed by atoms with Crippen molar-refractivity contribution in [2.45, 2.75) is 68.9 Å². The van der Waals surface area contributed by atoms with Crippen molar-refractivity contribution in [2.75, 3.05) is 30.9 Å². The minimum absolute atomic E-state index is 0.0344. The SMILES string of the molecule is CO[C@@H]1C[C@@H]2C(=O)Nc3cc(ccc3F)C(N[S+]([O-])C(C)(C)C)(c3cccc(C#N)c3)CCC3C/C3=C(\N(C)c3ccc(Cl)cc3)N2C1. The third-order valence-corrected chi connectivity index (χ3v) is 11.6. The molecule has 1 amide bonds. The number of methoxy groups -OCH3 is 1. The van der Waals surface area contributed by atoms with Crippen molar-refractivity contribution in [2.24, 2.45) is 5.92 Å². The molecule has 252 valence electrons. The highest BCUT2D eigenvalue weighted by Crippen LogP contribution is 2.50. The van der Waals surface area contributed by atoms with Gasteiger partial charge >= 0.3 is 0 Å². The van der Waals surface area contributed by atoms with Gasteiger partial charge in [0, 0.05) is 49.2 Å². The van der Waals surface area contributed by atoms with Crippen LogP contribution in [0.15, 0.2) is 78.1 Å². The summed E-state index contributed by atoms with van der Waals surface area (Å²) in [5.41, 5.74) is 2.93. The summed E-state index contributed by atoms with van der Waals surface area (Å²) >= 11 is 4.69. The number of nitriles is 1. The molecule has 0 spiro atoms. The second-order valence-electron chi connectivity index (χ2n) is 13.9. The molecule has 0 aromatic heterocycles. The molecule has 2 bridgehead atoms. The highest BCUT2D eigenvalue weighted by molar-refractivity contribution is 7.90. The van der Waals surface area contributed by atoms with Crippen molar-refractivity contribution >= 4 is 40.2 Å². The molecule has 8 nitrogen and oxygen atoms in total. The summed E-state index contributed by atoms with van der Waals surface area (Å²) in [6.07, 6.45) is 2.28. The lowest BCUT2D eigenvalue weighted by Crippen LogP contribution is -2.52. The second kappa shape index (κ2) is 13.4. The molecular weight excluding hydrogens is 649 g/mol. The fraction of sp³-hybridized carbons (Fsp3) is 0.405. The van der Waals surface area contributed by atoms with Gasteiger partial charge in [-0.15, -0.1) is 4.72 Å². The molecule has 2 aliphatic heterocycles. The quantitative estimate of drug-likeness (QED) is 0.273. The molecule has 3 aliphatic rings. The molecule has 48 heavy (non-hydrogen) atoms. The molecule has 1 saturated carbocycles. The Balaban J connectivity index is 1.53. The molecule has 5 atom stereocenters. The van der Waals surface area contributed by atoms with Gasteiger partial charge in [-0.25, -0.2) is 4.39 Å². The number of amides is 1. The van der Waals surface area contributed by atoms with Crippen molar-refractivity contribution in [3.8, 4) is 6.07 Å². The van der Waals surface area contributed by atoms with Crippen LogP contribution in [0.4, 0.5) is 15.8 Å². The van der Waals surface area contributed by atoms with Gasteiger partial charge in [0.25, 0.3) is 0 Å². The fourth-order valence-electron chi connectivity index (χ4n) is 6.87. The van der Waals surface area contributed by atoms with E-state index in [9.17, 15) is 14.6 Å². The van der Waals surface area contributed by atoms with E-state index < -0.39 is 33.5 Å². The lowest BCUT2D eigenvalue weighted by Gasteiger charge is -2.39. The van der Waals surface area contributed by atoms with E-state index in [1.165, 1.54) is 11.6 Å². The molecule has 11 heteroatoms. The monoisotopic (exact) mass is 689 g/mol. The minimum Gasteiger partial charge on any atom is -0.598 e. The third-order valence-electron chi connectivity index (χ3n) is 9.68.